The van der Waals surface area contributed by atoms with Crippen LogP contribution in [0.15, 0.2) is 46.7 Å². The molecule has 2 aromatic rings. The highest BCUT2D eigenvalue weighted by molar-refractivity contribution is 5.60. The fourth-order valence-electron chi connectivity index (χ4n) is 1.56. The van der Waals surface area contributed by atoms with E-state index in [1.54, 1.807) is 13.0 Å². The molecule has 1 aromatic heterocycles. The predicted molar refractivity (Wildman–Crippen MR) is 68.0 cm³/mol. The molecule has 0 aliphatic carbocycles. The van der Waals surface area contributed by atoms with Crippen LogP contribution in [-0.2, 0) is 4.79 Å². The van der Waals surface area contributed by atoms with E-state index >= 15 is 0 Å². The second kappa shape index (κ2) is 5.24. The van der Waals surface area contributed by atoms with Gasteiger partial charge in [-0.2, -0.15) is 0 Å². The van der Waals surface area contributed by atoms with E-state index in [-0.39, 0.29) is 0 Å². The van der Waals surface area contributed by atoms with Crippen molar-refractivity contribution < 1.29 is 13.9 Å². The zero-order valence-corrected chi connectivity index (χ0v) is 10.2. The monoisotopic (exact) mass is 240 g/mol. The summed E-state index contributed by atoms with van der Waals surface area (Å²) < 4.78 is 10.8. The fourth-order valence-corrected chi connectivity index (χ4v) is 1.56. The molecular formula is C15H12O3. The van der Waals surface area contributed by atoms with Gasteiger partial charge in [0.05, 0.1) is 0 Å². The largest absolute Gasteiger partial charge is 0.457 e. The molecule has 0 saturated heterocycles. The molecule has 2 rings (SSSR count). The summed E-state index contributed by atoms with van der Waals surface area (Å²) in [6.07, 6.45) is 1.16. The molecule has 0 amide bonds. The number of carbonyl (C=O) groups excluding carboxylic acids is 1. The number of furan rings is 1. The number of benzene rings is 1. The van der Waals surface area contributed by atoms with E-state index in [1.165, 1.54) is 11.5 Å². The molecule has 18 heavy (non-hydrogen) atoms. The van der Waals surface area contributed by atoms with Crippen LogP contribution in [0.2, 0.25) is 0 Å². The summed E-state index contributed by atoms with van der Waals surface area (Å²) >= 11 is 0. The fraction of sp³-hybridized carbons (Fsp3) is 0.133. The molecule has 1 aromatic carbocycles. The lowest BCUT2D eigenvalue weighted by Crippen LogP contribution is -1.79. The first kappa shape index (κ1) is 12.0. The van der Waals surface area contributed by atoms with Crippen LogP contribution in [0, 0.1) is 13.8 Å². The molecule has 0 bridgehead atoms. The van der Waals surface area contributed by atoms with E-state index in [0.29, 0.717) is 11.5 Å². The number of hydrogen-bond acceptors (Lipinski definition) is 3. The lowest BCUT2D eigenvalue weighted by molar-refractivity contribution is 0.453. The van der Waals surface area contributed by atoms with Gasteiger partial charge in [0.1, 0.15) is 17.8 Å². The summed E-state index contributed by atoms with van der Waals surface area (Å²) in [5, 5.41) is 0. The van der Waals surface area contributed by atoms with Crippen molar-refractivity contribution in [3.63, 3.8) is 0 Å². The molecule has 0 fully saturated rings. The van der Waals surface area contributed by atoms with Crippen LogP contribution in [0.1, 0.15) is 11.3 Å². The molecule has 0 atom stereocenters. The summed E-state index contributed by atoms with van der Waals surface area (Å²) in [7, 11) is 0. The van der Waals surface area contributed by atoms with Crippen molar-refractivity contribution in [1.82, 2.24) is 0 Å². The molecule has 0 radical (unpaired) electrons. The molecular weight excluding hydrogens is 228 g/mol. The van der Waals surface area contributed by atoms with Crippen LogP contribution >= 0.6 is 0 Å². The topological polar surface area (TPSA) is 39.4 Å². The standard InChI is InChI=1S/C15H12O3/c1-11-4-6-13(7-5-11)15-10-14(12(2)18-15)17-9-3-8-16/h4-7,9-10H,1-2H3. The van der Waals surface area contributed by atoms with Gasteiger partial charge >= 0.3 is 0 Å². The third-order valence-electron chi connectivity index (χ3n) is 2.51. The Labute approximate surface area is 105 Å². The first-order chi connectivity index (χ1) is 8.70. The van der Waals surface area contributed by atoms with Crippen molar-refractivity contribution in [3.8, 4) is 17.1 Å². The van der Waals surface area contributed by atoms with E-state index in [1.807, 2.05) is 31.2 Å². The molecule has 0 aliphatic rings. The number of ether oxygens (including phenoxy) is 1. The Bertz CT molecular complexity index is 622. The average molecular weight is 240 g/mol. The first-order valence-corrected chi connectivity index (χ1v) is 5.49. The van der Waals surface area contributed by atoms with Gasteiger partial charge in [-0.05, 0) is 13.8 Å². The maximum atomic E-state index is 9.97. The Hall–Kier alpha value is -2.47. The van der Waals surface area contributed by atoms with Gasteiger partial charge in [-0.3, -0.25) is 0 Å². The van der Waals surface area contributed by atoms with Crippen LogP contribution in [0.5, 0.6) is 5.75 Å². The highest BCUT2D eigenvalue weighted by Gasteiger charge is 2.09. The average Bonchev–Trinajstić information content (AvgIpc) is 2.72. The summed E-state index contributed by atoms with van der Waals surface area (Å²) in [5.74, 6) is 3.43. The van der Waals surface area contributed by atoms with Crippen LogP contribution in [-0.4, -0.2) is 5.94 Å². The van der Waals surface area contributed by atoms with E-state index < -0.39 is 0 Å². The minimum absolute atomic E-state index is 0.563. The van der Waals surface area contributed by atoms with Gasteiger partial charge in [0, 0.05) is 17.4 Å². The molecule has 90 valence electrons. The van der Waals surface area contributed by atoms with Crippen molar-refractivity contribution in [2.75, 3.05) is 0 Å². The quantitative estimate of drug-likeness (QED) is 0.468. The Balaban J connectivity index is 2.30. The highest BCUT2D eigenvalue weighted by Crippen LogP contribution is 2.30. The lowest BCUT2D eigenvalue weighted by Gasteiger charge is -1.96. The molecule has 0 aliphatic heterocycles. The Morgan fingerprint density at radius 3 is 2.61 bits per heavy atom. The van der Waals surface area contributed by atoms with Crippen molar-refractivity contribution in [2.24, 2.45) is 0 Å². The van der Waals surface area contributed by atoms with Gasteiger partial charge in [-0.15, -0.1) is 0 Å². The van der Waals surface area contributed by atoms with Crippen LogP contribution < -0.4 is 4.74 Å². The number of hydrogen-bond donors (Lipinski definition) is 0. The van der Waals surface area contributed by atoms with E-state index in [0.717, 1.165) is 17.6 Å². The van der Waals surface area contributed by atoms with Crippen molar-refractivity contribution in [2.45, 2.75) is 13.8 Å². The van der Waals surface area contributed by atoms with E-state index in [2.05, 4.69) is 5.73 Å². The Morgan fingerprint density at radius 1 is 1.22 bits per heavy atom. The zero-order chi connectivity index (χ0) is 13.0. The second-order valence-corrected chi connectivity index (χ2v) is 3.88. The van der Waals surface area contributed by atoms with E-state index in [9.17, 15) is 4.79 Å². The number of rotatable bonds is 3. The number of aryl methyl sites for hydroxylation is 2. The third-order valence-corrected chi connectivity index (χ3v) is 2.51. The lowest BCUT2D eigenvalue weighted by atomic mass is 10.1. The maximum Gasteiger partial charge on any atom is 0.180 e. The first-order valence-electron chi connectivity index (χ1n) is 5.49. The molecule has 0 unspecified atom stereocenters. The molecule has 0 spiro atoms. The van der Waals surface area contributed by atoms with E-state index in [4.69, 9.17) is 9.15 Å². The smallest absolute Gasteiger partial charge is 0.180 e. The normalized spacial score (nSPS) is 9.44. The van der Waals surface area contributed by atoms with Crippen LogP contribution in [0.4, 0.5) is 0 Å². The summed E-state index contributed by atoms with van der Waals surface area (Å²) in [6.45, 7) is 3.83. The summed E-state index contributed by atoms with van der Waals surface area (Å²) in [4.78, 5) is 9.97. The summed E-state index contributed by atoms with van der Waals surface area (Å²) in [5.41, 5.74) is 4.36. The molecule has 3 nitrogen and oxygen atoms in total. The maximum absolute atomic E-state index is 9.97. The molecule has 0 N–H and O–H groups in total. The van der Waals surface area contributed by atoms with Gasteiger partial charge < -0.3 is 9.15 Å². The molecule has 1 heterocycles. The zero-order valence-electron chi connectivity index (χ0n) is 10.2. The van der Waals surface area contributed by atoms with Gasteiger partial charge in [0.25, 0.3) is 0 Å². The van der Waals surface area contributed by atoms with Crippen LogP contribution in [0.3, 0.4) is 0 Å². The molecule has 0 saturated carbocycles. The van der Waals surface area contributed by atoms with Gasteiger partial charge in [0.2, 0.25) is 0 Å². The van der Waals surface area contributed by atoms with Crippen molar-refractivity contribution in [3.05, 3.63) is 53.6 Å². The van der Waals surface area contributed by atoms with Gasteiger partial charge in [0.15, 0.2) is 11.7 Å². The highest BCUT2D eigenvalue weighted by atomic mass is 16.5. The second-order valence-electron chi connectivity index (χ2n) is 3.88. The van der Waals surface area contributed by atoms with Crippen LogP contribution in [0.25, 0.3) is 11.3 Å². The minimum Gasteiger partial charge on any atom is -0.457 e. The van der Waals surface area contributed by atoms with Crippen molar-refractivity contribution in [1.29, 1.82) is 0 Å². The SMILES string of the molecule is Cc1ccc(-c2cc(OC=C=C=O)c(C)o2)cc1. The van der Waals surface area contributed by atoms with Crippen molar-refractivity contribution >= 4 is 5.94 Å². The third kappa shape index (κ3) is 2.61. The van der Waals surface area contributed by atoms with Gasteiger partial charge in [-0.1, -0.05) is 29.8 Å². The predicted octanol–water partition coefficient (Wildman–Crippen LogP) is 3.44. The molecule has 3 heteroatoms. The minimum atomic E-state index is 0.563. The summed E-state index contributed by atoms with van der Waals surface area (Å²) in [6, 6.07) is 9.78. The van der Waals surface area contributed by atoms with Gasteiger partial charge in [-0.25, -0.2) is 4.79 Å². The Kier molecular flexibility index (Phi) is 3.49. The Morgan fingerprint density at radius 2 is 1.94 bits per heavy atom.